The number of hydrogen-bond acceptors (Lipinski definition) is 10. The maximum Gasteiger partial charge on any atom is 0.336 e. The van der Waals surface area contributed by atoms with Crippen molar-refractivity contribution in [2.75, 3.05) is 32.7 Å². The zero-order valence-electron chi connectivity index (χ0n) is 25.5. The summed E-state index contributed by atoms with van der Waals surface area (Å²) in [5.41, 5.74) is 3.09. The van der Waals surface area contributed by atoms with E-state index in [1.807, 2.05) is 6.92 Å². The minimum Gasteiger partial charge on any atom is -0.466 e. The molecule has 2 aliphatic heterocycles. The highest BCUT2D eigenvalue weighted by atomic mass is 32.2. The van der Waals surface area contributed by atoms with Crippen LogP contribution in [0, 0.1) is 10.1 Å². The van der Waals surface area contributed by atoms with Gasteiger partial charge in [0, 0.05) is 40.8 Å². The van der Waals surface area contributed by atoms with Crippen LogP contribution in [0.25, 0.3) is 0 Å². The lowest BCUT2D eigenvalue weighted by Gasteiger charge is -2.31. The van der Waals surface area contributed by atoms with Crippen molar-refractivity contribution in [3.05, 3.63) is 92.3 Å². The molecule has 1 N–H and O–H groups in total. The van der Waals surface area contributed by atoms with Crippen LogP contribution >= 0.6 is 11.8 Å². The molecule has 0 radical (unpaired) electrons. The molecule has 0 aliphatic carbocycles. The summed E-state index contributed by atoms with van der Waals surface area (Å²) in [6, 6.07) is 14.3. The summed E-state index contributed by atoms with van der Waals surface area (Å²) in [4.78, 5) is 38.5. The van der Waals surface area contributed by atoms with Gasteiger partial charge in [0.05, 0.1) is 42.3 Å². The number of nitro groups is 1. The fraction of sp³-hybridized carbons (Fsp3) is 0.455. The van der Waals surface area contributed by atoms with Crippen molar-refractivity contribution >= 4 is 29.4 Å². The number of allylic oxidation sites excluding steroid dienone is 2. The van der Waals surface area contributed by atoms with E-state index in [-0.39, 0.29) is 29.7 Å². The van der Waals surface area contributed by atoms with Crippen LogP contribution in [0.2, 0.25) is 0 Å². The molecule has 10 nitrogen and oxygen atoms in total. The molecular formula is C33H40N2O8S. The Morgan fingerprint density at radius 2 is 1.89 bits per heavy atom. The van der Waals surface area contributed by atoms with E-state index >= 15 is 0 Å². The summed E-state index contributed by atoms with van der Waals surface area (Å²) >= 11 is 1.68. The second-order valence-electron chi connectivity index (χ2n) is 10.6. The SMILES string of the molecule is CCC1=C(C(=O)OCCCSc2ccc(CCOC3CCCCO3)cc2)C(c2cccc([N+](=O)[O-])c2)C(C(=O)OC)=C(C)N1. The van der Waals surface area contributed by atoms with Gasteiger partial charge in [0.2, 0.25) is 0 Å². The van der Waals surface area contributed by atoms with E-state index < -0.39 is 22.8 Å². The van der Waals surface area contributed by atoms with Crippen LogP contribution in [0.4, 0.5) is 5.69 Å². The minimum absolute atomic E-state index is 0.0759. The third kappa shape index (κ3) is 8.71. The average Bonchev–Trinajstić information content (AvgIpc) is 3.04. The van der Waals surface area contributed by atoms with Gasteiger partial charge in [-0.15, -0.1) is 11.8 Å². The van der Waals surface area contributed by atoms with Crippen LogP contribution in [-0.4, -0.2) is 55.8 Å². The standard InChI is InChI=1S/C33H40N2O8S/c1-4-27-31(30(29(22(2)34-27)32(36)40-3)24-9-7-10-25(21-24)35(38)39)33(37)43-18-8-20-44-26-14-12-23(13-15-26)16-19-42-28-11-5-6-17-41-28/h7,9-10,12-15,21,28,30,34H,4-6,8,11,16-20H2,1-3H3. The highest BCUT2D eigenvalue weighted by Crippen LogP contribution is 2.40. The van der Waals surface area contributed by atoms with Gasteiger partial charge < -0.3 is 24.3 Å². The summed E-state index contributed by atoms with van der Waals surface area (Å²) in [5.74, 6) is -1.33. The van der Waals surface area contributed by atoms with Gasteiger partial charge in [-0.3, -0.25) is 10.1 Å². The summed E-state index contributed by atoms with van der Waals surface area (Å²) in [6.45, 7) is 5.20. The van der Waals surface area contributed by atoms with Crippen LogP contribution in [0.15, 0.2) is 76.0 Å². The Morgan fingerprint density at radius 1 is 1.09 bits per heavy atom. The van der Waals surface area contributed by atoms with Crippen molar-refractivity contribution in [1.29, 1.82) is 0 Å². The van der Waals surface area contributed by atoms with Gasteiger partial charge in [-0.2, -0.15) is 0 Å². The summed E-state index contributed by atoms with van der Waals surface area (Å²) in [5, 5.41) is 14.7. The zero-order valence-corrected chi connectivity index (χ0v) is 26.3. The van der Waals surface area contributed by atoms with Crippen LogP contribution in [0.5, 0.6) is 0 Å². The maximum absolute atomic E-state index is 13.5. The first-order valence-corrected chi connectivity index (χ1v) is 16.0. The Morgan fingerprint density at radius 3 is 2.57 bits per heavy atom. The molecule has 2 aliphatic rings. The molecule has 4 rings (SSSR count). The Kier molecular flexibility index (Phi) is 12.4. The van der Waals surface area contributed by atoms with Crippen molar-refractivity contribution in [3.8, 4) is 0 Å². The number of hydrogen-bond donors (Lipinski definition) is 1. The monoisotopic (exact) mass is 624 g/mol. The molecule has 2 heterocycles. The largest absolute Gasteiger partial charge is 0.466 e. The zero-order chi connectivity index (χ0) is 31.5. The van der Waals surface area contributed by atoms with Gasteiger partial charge in [0.1, 0.15) is 0 Å². The van der Waals surface area contributed by atoms with Crippen molar-refractivity contribution in [2.24, 2.45) is 0 Å². The number of methoxy groups -OCH3 is 1. The predicted molar refractivity (Wildman–Crippen MR) is 167 cm³/mol. The number of carbonyl (C=O) groups is 2. The topological polar surface area (TPSA) is 126 Å². The number of nitro benzene ring substituents is 1. The number of nitrogens with one attached hydrogen (secondary N) is 1. The van der Waals surface area contributed by atoms with E-state index in [9.17, 15) is 19.7 Å². The molecule has 2 aromatic rings. The van der Waals surface area contributed by atoms with E-state index in [0.717, 1.165) is 42.9 Å². The molecule has 0 spiro atoms. The molecule has 236 valence electrons. The molecule has 2 unspecified atom stereocenters. The number of non-ortho nitro benzene ring substituents is 1. The number of esters is 2. The van der Waals surface area contributed by atoms with E-state index in [2.05, 4.69) is 29.6 Å². The van der Waals surface area contributed by atoms with Gasteiger partial charge in [0.15, 0.2) is 6.29 Å². The minimum atomic E-state index is -0.875. The number of nitrogens with zero attached hydrogens (tertiary/aromatic N) is 1. The van der Waals surface area contributed by atoms with Gasteiger partial charge in [-0.25, -0.2) is 9.59 Å². The highest BCUT2D eigenvalue weighted by Gasteiger charge is 2.38. The van der Waals surface area contributed by atoms with E-state index in [1.54, 1.807) is 24.8 Å². The number of benzene rings is 2. The van der Waals surface area contributed by atoms with Crippen molar-refractivity contribution in [3.63, 3.8) is 0 Å². The van der Waals surface area contributed by atoms with Crippen LogP contribution < -0.4 is 5.32 Å². The highest BCUT2D eigenvalue weighted by molar-refractivity contribution is 7.99. The third-order valence-corrected chi connectivity index (χ3v) is 8.68. The summed E-state index contributed by atoms with van der Waals surface area (Å²) in [6.07, 6.45) is 5.06. The van der Waals surface area contributed by atoms with Crippen molar-refractivity contribution in [2.45, 2.75) is 69.5 Å². The molecule has 0 saturated carbocycles. The molecule has 2 atom stereocenters. The number of ether oxygens (including phenoxy) is 4. The lowest BCUT2D eigenvalue weighted by atomic mass is 9.79. The second kappa shape index (κ2) is 16.4. The first-order valence-electron chi connectivity index (χ1n) is 15.0. The summed E-state index contributed by atoms with van der Waals surface area (Å²) < 4.78 is 22.2. The molecule has 2 aromatic carbocycles. The lowest BCUT2D eigenvalue weighted by molar-refractivity contribution is -0.384. The normalized spacial score (nSPS) is 18.5. The molecule has 0 bridgehead atoms. The molecule has 1 saturated heterocycles. The Hall–Kier alpha value is -3.67. The van der Waals surface area contributed by atoms with Crippen LogP contribution in [0.3, 0.4) is 0 Å². The van der Waals surface area contributed by atoms with E-state index in [0.29, 0.717) is 36.4 Å². The number of dihydropyridines is 1. The number of thioether (sulfide) groups is 1. The first kappa shape index (κ1) is 33.2. The van der Waals surface area contributed by atoms with Crippen molar-refractivity contribution in [1.82, 2.24) is 5.32 Å². The summed E-state index contributed by atoms with van der Waals surface area (Å²) in [7, 11) is 1.26. The van der Waals surface area contributed by atoms with Gasteiger partial charge >= 0.3 is 11.9 Å². The van der Waals surface area contributed by atoms with E-state index in [1.165, 1.54) is 30.9 Å². The molecule has 0 aromatic heterocycles. The molecule has 0 amide bonds. The van der Waals surface area contributed by atoms with Gasteiger partial charge in [-0.05, 0) is 68.7 Å². The maximum atomic E-state index is 13.5. The third-order valence-electron chi connectivity index (χ3n) is 7.58. The van der Waals surface area contributed by atoms with Crippen molar-refractivity contribution < 1.29 is 33.5 Å². The van der Waals surface area contributed by atoms with Gasteiger partial charge in [0.25, 0.3) is 5.69 Å². The Balaban J connectivity index is 1.34. The average molecular weight is 625 g/mol. The van der Waals surface area contributed by atoms with Crippen LogP contribution in [-0.2, 0) is 35.0 Å². The Bertz CT molecular complexity index is 1380. The van der Waals surface area contributed by atoms with E-state index in [4.69, 9.17) is 18.9 Å². The lowest BCUT2D eigenvalue weighted by Crippen LogP contribution is -2.33. The Labute approximate surface area is 262 Å². The molecule has 11 heteroatoms. The second-order valence-corrected chi connectivity index (χ2v) is 11.8. The number of rotatable bonds is 14. The fourth-order valence-electron chi connectivity index (χ4n) is 5.34. The van der Waals surface area contributed by atoms with Gasteiger partial charge in [-0.1, -0.05) is 31.2 Å². The first-order chi connectivity index (χ1) is 21.3. The van der Waals surface area contributed by atoms with Crippen LogP contribution in [0.1, 0.15) is 63.0 Å². The fourth-order valence-corrected chi connectivity index (χ4v) is 6.17. The molecule has 1 fully saturated rings. The quantitative estimate of drug-likeness (QED) is 0.0853. The molecule has 44 heavy (non-hydrogen) atoms. The molecular weight excluding hydrogens is 584 g/mol. The predicted octanol–water partition coefficient (Wildman–Crippen LogP) is 6.20. The smallest absolute Gasteiger partial charge is 0.336 e. The number of carbonyl (C=O) groups excluding carboxylic acids is 2.